The Labute approximate surface area is 111 Å². The van der Waals surface area contributed by atoms with E-state index < -0.39 is 0 Å². The van der Waals surface area contributed by atoms with Gasteiger partial charge in [-0.2, -0.15) is 0 Å². The minimum absolute atomic E-state index is 0.241. The van der Waals surface area contributed by atoms with Gasteiger partial charge in [0.2, 0.25) is 0 Å². The molecular formula is C16H26N2. The third-order valence-corrected chi connectivity index (χ3v) is 4.22. The quantitative estimate of drug-likeness (QED) is 0.797. The first-order valence-corrected chi connectivity index (χ1v) is 7.04. The van der Waals surface area contributed by atoms with E-state index in [4.69, 9.17) is 5.73 Å². The van der Waals surface area contributed by atoms with Gasteiger partial charge < -0.3 is 10.6 Å². The predicted molar refractivity (Wildman–Crippen MR) is 80.3 cm³/mol. The molecule has 1 aliphatic heterocycles. The molecule has 18 heavy (non-hydrogen) atoms. The largest absolute Gasteiger partial charge is 0.399 e. The van der Waals surface area contributed by atoms with Crippen LogP contribution in [0, 0.1) is 6.92 Å². The molecule has 0 saturated carbocycles. The highest BCUT2D eigenvalue weighted by atomic mass is 15.2. The Morgan fingerprint density at radius 3 is 2.67 bits per heavy atom. The van der Waals surface area contributed by atoms with Crippen molar-refractivity contribution in [1.82, 2.24) is 0 Å². The first-order valence-electron chi connectivity index (χ1n) is 7.04. The van der Waals surface area contributed by atoms with Crippen molar-refractivity contribution in [2.75, 3.05) is 17.2 Å². The van der Waals surface area contributed by atoms with E-state index in [2.05, 4.69) is 51.7 Å². The lowest BCUT2D eigenvalue weighted by atomic mass is 9.79. The summed E-state index contributed by atoms with van der Waals surface area (Å²) in [5, 5.41) is 0. The van der Waals surface area contributed by atoms with Crippen LogP contribution in [0.3, 0.4) is 0 Å². The molecule has 1 aliphatic rings. The summed E-state index contributed by atoms with van der Waals surface area (Å²) >= 11 is 0. The van der Waals surface area contributed by atoms with Crippen molar-refractivity contribution in [1.29, 1.82) is 0 Å². The van der Waals surface area contributed by atoms with Gasteiger partial charge in [-0.1, -0.05) is 13.8 Å². The molecule has 0 radical (unpaired) electrons. The van der Waals surface area contributed by atoms with Crippen molar-refractivity contribution in [2.24, 2.45) is 0 Å². The van der Waals surface area contributed by atoms with Crippen molar-refractivity contribution in [2.45, 2.75) is 58.9 Å². The number of nitrogens with zero attached hydrogens (tertiary/aromatic N) is 1. The Kier molecular flexibility index (Phi) is 3.31. The van der Waals surface area contributed by atoms with Crippen LogP contribution in [-0.4, -0.2) is 12.1 Å². The number of hydrogen-bond donors (Lipinski definition) is 1. The number of nitrogen functional groups attached to an aromatic ring is 1. The first kappa shape index (κ1) is 13.3. The van der Waals surface area contributed by atoms with Gasteiger partial charge >= 0.3 is 0 Å². The minimum atomic E-state index is 0.241. The summed E-state index contributed by atoms with van der Waals surface area (Å²) in [5.41, 5.74) is 11.3. The highest BCUT2D eigenvalue weighted by molar-refractivity contribution is 5.67. The molecule has 100 valence electrons. The zero-order chi connectivity index (χ0) is 13.5. The van der Waals surface area contributed by atoms with E-state index in [1.807, 2.05) is 0 Å². The third-order valence-electron chi connectivity index (χ3n) is 4.22. The molecule has 2 rings (SSSR count). The van der Waals surface area contributed by atoms with Crippen LogP contribution in [0.5, 0.6) is 0 Å². The zero-order valence-corrected chi connectivity index (χ0v) is 12.4. The second-order valence-corrected chi connectivity index (χ2v) is 6.34. The van der Waals surface area contributed by atoms with Crippen LogP contribution in [0.25, 0.3) is 0 Å². The molecule has 0 fully saturated rings. The average molecular weight is 246 g/mol. The van der Waals surface area contributed by atoms with Crippen molar-refractivity contribution in [3.05, 3.63) is 23.3 Å². The van der Waals surface area contributed by atoms with Gasteiger partial charge in [0.05, 0.1) is 0 Å². The van der Waals surface area contributed by atoms with E-state index in [-0.39, 0.29) is 5.54 Å². The Hall–Kier alpha value is -1.18. The monoisotopic (exact) mass is 246 g/mol. The summed E-state index contributed by atoms with van der Waals surface area (Å²) in [6.07, 6.45) is 2.38. The molecule has 0 spiro atoms. The molecule has 1 aromatic carbocycles. The number of fused-ring (bicyclic) bond motifs is 1. The fraction of sp³-hybridized carbons (Fsp3) is 0.625. The molecule has 1 atom stereocenters. The van der Waals surface area contributed by atoms with Gasteiger partial charge in [-0.15, -0.1) is 0 Å². The topological polar surface area (TPSA) is 29.3 Å². The van der Waals surface area contributed by atoms with Crippen LogP contribution >= 0.6 is 0 Å². The lowest BCUT2D eigenvalue weighted by molar-refractivity contribution is 0.376. The van der Waals surface area contributed by atoms with E-state index in [9.17, 15) is 0 Å². The van der Waals surface area contributed by atoms with Crippen LogP contribution in [0.1, 0.15) is 57.6 Å². The number of benzene rings is 1. The van der Waals surface area contributed by atoms with Crippen molar-refractivity contribution in [3.63, 3.8) is 0 Å². The standard InChI is InChI=1S/C16H26N2/c1-6-7-18-15-8-11(2)14(17)9-13(15)12(3)10-16(18,4)5/h8-9,12H,6-7,10,17H2,1-5H3. The maximum atomic E-state index is 6.07. The second-order valence-electron chi connectivity index (χ2n) is 6.34. The number of rotatable bonds is 2. The van der Waals surface area contributed by atoms with E-state index >= 15 is 0 Å². The van der Waals surface area contributed by atoms with Gasteiger partial charge in [0.1, 0.15) is 0 Å². The molecule has 0 aliphatic carbocycles. The fourth-order valence-corrected chi connectivity index (χ4v) is 3.30. The first-order chi connectivity index (χ1) is 8.36. The maximum absolute atomic E-state index is 6.07. The van der Waals surface area contributed by atoms with Crippen LogP contribution < -0.4 is 10.6 Å². The zero-order valence-electron chi connectivity index (χ0n) is 12.4. The molecule has 1 heterocycles. The molecular weight excluding hydrogens is 220 g/mol. The summed E-state index contributed by atoms with van der Waals surface area (Å²) in [5.74, 6) is 0.589. The summed E-state index contributed by atoms with van der Waals surface area (Å²) < 4.78 is 0. The highest BCUT2D eigenvalue weighted by Gasteiger charge is 2.35. The summed E-state index contributed by atoms with van der Waals surface area (Å²) in [6, 6.07) is 4.46. The molecule has 0 saturated heterocycles. The van der Waals surface area contributed by atoms with Gasteiger partial charge in [0, 0.05) is 23.5 Å². The lowest BCUT2D eigenvalue weighted by Crippen LogP contribution is -2.48. The SMILES string of the molecule is CCCN1c2cc(C)c(N)cc2C(C)CC1(C)C. The molecule has 1 unspecified atom stereocenters. The summed E-state index contributed by atoms with van der Waals surface area (Å²) in [4.78, 5) is 2.56. The van der Waals surface area contributed by atoms with E-state index in [1.165, 1.54) is 29.7 Å². The molecule has 2 nitrogen and oxygen atoms in total. The summed E-state index contributed by atoms with van der Waals surface area (Å²) in [7, 11) is 0. The van der Waals surface area contributed by atoms with Crippen molar-refractivity contribution < 1.29 is 0 Å². The Morgan fingerprint density at radius 2 is 2.06 bits per heavy atom. The van der Waals surface area contributed by atoms with E-state index in [1.54, 1.807) is 0 Å². The van der Waals surface area contributed by atoms with Crippen LogP contribution in [0.4, 0.5) is 11.4 Å². The van der Waals surface area contributed by atoms with Crippen molar-refractivity contribution >= 4 is 11.4 Å². The third kappa shape index (κ3) is 2.09. The van der Waals surface area contributed by atoms with Gasteiger partial charge in [-0.3, -0.25) is 0 Å². The maximum Gasteiger partial charge on any atom is 0.0410 e. The molecule has 0 aromatic heterocycles. The number of hydrogen-bond acceptors (Lipinski definition) is 2. The second kappa shape index (κ2) is 4.49. The van der Waals surface area contributed by atoms with Gasteiger partial charge in [0.15, 0.2) is 0 Å². The molecule has 0 bridgehead atoms. The predicted octanol–water partition coefficient (Wildman–Crippen LogP) is 4.08. The normalized spacial score (nSPS) is 21.8. The number of aryl methyl sites for hydroxylation is 1. The molecule has 0 amide bonds. The minimum Gasteiger partial charge on any atom is -0.399 e. The Bertz CT molecular complexity index is 449. The molecule has 2 heteroatoms. The van der Waals surface area contributed by atoms with E-state index in [0.29, 0.717) is 5.92 Å². The number of nitrogens with two attached hydrogens (primary N) is 1. The van der Waals surface area contributed by atoms with Crippen LogP contribution in [0.2, 0.25) is 0 Å². The van der Waals surface area contributed by atoms with E-state index in [0.717, 1.165) is 12.2 Å². The Morgan fingerprint density at radius 1 is 1.39 bits per heavy atom. The van der Waals surface area contributed by atoms with Gasteiger partial charge in [-0.05, 0) is 62.8 Å². The number of anilines is 2. The Balaban J connectivity index is 2.56. The van der Waals surface area contributed by atoms with Gasteiger partial charge in [0.25, 0.3) is 0 Å². The highest BCUT2D eigenvalue weighted by Crippen LogP contribution is 2.44. The van der Waals surface area contributed by atoms with Gasteiger partial charge in [-0.25, -0.2) is 0 Å². The molecule has 1 aromatic rings. The summed E-state index contributed by atoms with van der Waals surface area (Å²) in [6.45, 7) is 12.5. The lowest BCUT2D eigenvalue weighted by Gasteiger charge is -2.48. The fourth-order valence-electron chi connectivity index (χ4n) is 3.30. The average Bonchev–Trinajstić information content (AvgIpc) is 2.26. The van der Waals surface area contributed by atoms with Crippen LogP contribution in [0.15, 0.2) is 12.1 Å². The van der Waals surface area contributed by atoms with Crippen LogP contribution in [-0.2, 0) is 0 Å². The van der Waals surface area contributed by atoms with Crippen molar-refractivity contribution in [3.8, 4) is 0 Å². The molecule has 2 N–H and O–H groups in total. The smallest absolute Gasteiger partial charge is 0.0410 e.